The second kappa shape index (κ2) is 8.08. The number of nitro groups is 1. The lowest BCUT2D eigenvalue weighted by atomic mass is 10.2. The molecule has 0 unspecified atom stereocenters. The van der Waals surface area contributed by atoms with Gasteiger partial charge in [-0.1, -0.05) is 48.2 Å². The van der Waals surface area contributed by atoms with Crippen molar-refractivity contribution in [1.29, 1.82) is 0 Å². The van der Waals surface area contributed by atoms with E-state index < -0.39 is 4.92 Å². The molecule has 0 aliphatic rings. The second-order valence-electron chi connectivity index (χ2n) is 4.10. The highest BCUT2D eigenvalue weighted by atomic mass is 79.9. The molecule has 1 aromatic carbocycles. The maximum absolute atomic E-state index is 10.9. The molecular weight excluding hydrogens is 298 g/mol. The van der Waals surface area contributed by atoms with E-state index in [2.05, 4.69) is 22.9 Å². The quantitative estimate of drug-likeness (QED) is 0.308. The zero-order chi connectivity index (χ0) is 13.4. The fourth-order valence-electron chi connectivity index (χ4n) is 1.62. The second-order valence-corrected chi connectivity index (χ2v) is 4.66. The number of nitrogens with zero attached hydrogens (tertiary/aromatic N) is 1. The van der Waals surface area contributed by atoms with Crippen LogP contribution in [0.15, 0.2) is 18.2 Å². The van der Waals surface area contributed by atoms with E-state index in [0.717, 1.165) is 18.4 Å². The van der Waals surface area contributed by atoms with Crippen LogP contribution in [0.3, 0.4) is 0 Å². The number of ether oxygens (including phenoxy) is 1. The molecule has 0 aromatic heterocycles. The standard InChI is InChI=1S/C13H18BrNO3/c1-2-3-4-5-8-18-13-7-6-11(10-14)9-12(13)15(16)17/h6-7,9H,2-5,8,10H2,1H3. The molecule has 4 nitrogen and oxygen atoms in total. The minimum Gasteiger partial charge on any atom is -0.487 e. The Bertz CT molecular complexity index is 396. The molecule has 0 atom stereocenters. The molecule has 0 aliphatic carbocycles. The van der Waals surface area contributed by atoms with Crippen LogP contribution in [0.25, 0.3) is 0 Å². The monoisotopic (exact) mass is 315 g/mol. The fourth-order valence-corrected chi connectivity index (χ4v) is 1.97. The Kier molecular flexibility index (Phi) is 6.72. The molecule has 0 bridgehead atoms. The Morgan fingerprint density at radius 1 is 1.33 bits per heavy atom. The molecule has 0 fully saturated rings. The molecule has 100 valence electrons. The summed E-state index contributed by atoms with van der Waals surface area (Å²) in [4.78, 5) is 10.5. The predicted octanol–water partition coefficient (Wildman–Crippen LogP) is 4.45. The Balaban J connectivity index is 2.61. The van der Waals surface area contributed by atoms with Crippen molar-refractivity contribution >= 4 is 21.6 Å². The summed E-state index contributed by atoms with van der Waals surface area (Å²) >= 11 is 3.28. The highest BCUT2D eigenvalue weighted by Gasteiger charge is 2.15. The highest BCUT2D eigenvalue weighted by Crippen LogP contribution is 2.28. The topological polar surface area (TPSA) is 52.4 Å². The first-order valence-electron chi connectivity index (χ1n) is 6.15. The molecule has 18 heavy (non-hydrogen) atoms. The number of benzene rings is 1. The van der Waals surface area contributed by atoms with Gasteiger partial charge in [-0.2, -0.15) is 0 Å². The molecule has 5 heteroatoms. The lowest BCUT2D eigenvalue weighted by Crippen LogP contribution is -2.01. The van der Waals surface area contributed by atoms with Gasteiger partial charge in [0.15, 0.2) is 5.75 Å². The van der Waals surface area contributed by atoms with Crippen LogP contribution in [0.1, 0.15) is 38.2 Å². The van der Waals surface area contributed by atoms with Crippen molar-refractivity contribution in [2.24, 2.45) is 0 Å². The van der Waals surface area contributed by atoms with Gasteiger partial charge in [-0.05, 0) is 18.1 Å². The average Bonchev–Trinajstić information content (AvgIpc) is 2.38. The Morgan fingerprint density at radius 3 is 2.72 bits per heavy atom. The summed E-state index contributed by atoms with van der Waals surface area (Å²) in [6.07, 6.45) is 4.38. The fraction of sp³-hybridized carbons (Fsp3) is 0.538. The third-order valence-electron chi connectivity index (χ3n) is 2.63. The van der Waals surface area contributed by atoms with Crippen LogP contribution in [0, 0.1) is 10.1 Å². The van der Waals surface area contributed by atoms with Crippen LogP contribution in [0.5, 0.6) is 5.75 Å². The molecule has 1 aromatic rings. The average molecular weight is 316 g/mol. The van der Waals surface area contributed by atoms with Crippen molar-refractivity contribution in [2.45, 2.75) is 37.9 Å². The van der Waals surface area contributed by atoms with Gasteiger partial charge < -0.3 is 4.74 Å². The lowest BCUT2D eigenvalue weighted by Gasteiger charge is -2.07. The minimum atomic E-state index is -0.395. The maximum Gasteiger partial charge on any atom is 0.311 e. The molecule has 0 heterocycles. The van der Waals surface area contributed by atoms with Crippen LogP contribution < -0.4 is 4.74 Å². The van der Waals surface area contributed by atoms with Crippen molar-refractivity contribution in [2.75, 3.05) is 6.61 Å². The highest BCUT2D eigenvalue weighted by molar-refractivity contribution is 9.08. The van der Waals surface area contributed by atoms with E-state index in [-0.39, 0.29) is 5.69 Å². The summed E-state index contributed by atoms with van der Waals surface area (Å²) in [5, 5.41) is 11.5. The first-order chi connectivity index (χ1) is 8.69. The Hall–Kier alpha value is -1.10. The van der Waals surface area contributed by atoms with Crippen LogP contribution in [0.4, 0.5) is 5.69 Å². The van der Waals surface area contributed by atoms with Gasteiger partial charge in [-0.3, -0.25) is 10.1 Å². The zero-order valence-corrected chi connectivity index (χ0v) is 12.1. The van der Waals surface area contributed by atoms with Crippen LogP contribution in [-0.2, 0) is 5.33 Å². The van der Waals surface area contributed by atoms with Crippen LogP contribution in [-0.4, -0.2) is 11.5 Å². The summed E-state index contributed by atoms with van der Waals surface area (Å²) in [6.45, 7) is 2.68. The Morgan fingerprint density at radius 2 is 2.11 bits per heavy atom. The number of nitro benzene ring substituents is 1. The summed E-state index contributed by atoms with van der Waals surface area (Å²) in [5.74, 6) is 0.362. The number of halogens is 1. The van der Waals surface area contributed by atoms with Gasteiger partial charge in [0, 0.05) is 11.4 Å². The number of rotatable bonds is 8. The third-order valence-corrected chi connectivity index (χ3v) is 3.28. The number of hydrogen-bond acceptors (Lipinski definition) is 3. The summed E-state index contributed by atoms with van der Waals surface area (Å²) in [7, 11) is 0. The molecule has 0 N–H and O–H groups in total. The molecule has 0 radical (unpaired) electrons. The van der Waals surface area contributed by atoms with Crippen LogP contribution in [0.2, 0.25) is 0 Å². The molecule has 0 saturated carbocycles. The molecule has 0 aliphatic heterocycles. The van der Waals surface area contributed by atoms with Crippen molar-refractivity contribution in [3.05, 3.63) is 33.9 Å². The first-order valence-corrected chi connectivity index (χ1v) is 7.27. The number of alkyl halides is 1. The molecule has 0 saturated heterocycles. The molecule has 0 amide bonds. The summed E-state index contributed by atoms with van der Waals surface area (Å²) in [6, 6.07) is 5.06. The lowest BCUT2D eigenvalue weighted by molar-refractivity contribution is -0.385. The third kappa shape index (κ3) is 4.64. The zero-order valence-electron chi connectivity index (χ0n) is 10.5. The molecule has 1 rings (SSSR count). The minimum absolute atomic E-state index is 0.0439. The SMILES string of the molecule is CCCCCCOc1ccc(CBr)cc1[N+](=O)[O-]. The van der Waals surface area contributed by atoms with E-state index in [9.17, 15) is 10.1 Å². The van der Waals surface area contributed by atoms with Crippen molar-refractivity contribution in [3.63, 3.8) is 0 Å². The van der Waals surface area contributed by atoms with Crippen molar-refractivity contribution in [1.82, 2.24) is 0 Å². The van der Waals surface area contributed by atoms with E-state index in [4.69, 9.17) is 4.74 Å². The maximum atomic E-state index is 10.9. The van der Waals surface area contributed by atoms with Gasteiger partial charge in [-0.25, -0.2) is 0 Å². The van der Waals surface area contributed by atoms with Gasteiger partial charge >= 0.3 is 5.69 Å². The summed E-state index contributed by atoms with van der Waals surface area (Å²) in [5.41, 5.74) is 0.919. The molecular formula is C13H18BrNO3. The van der Waals surface area contributed by atoms with Gasteiger partial charge in [0.05, 0.1) is 11.5 Å². The van der Waals surface area contributed by atoms with E-state index in [1.54, 1.807) is 12.1 Å². The van der Waals surface area contributed by atoms with Gasteiger partial charge in [0.1, 0.15) is 0 Å². The van der Waals surface area contributed by atoms with E-state index >= 15 is 0 Å². The smallest absolute Gasteiger partial charge is 0.311 e. The number of hydrogen-bond donors (Lipinski definition) is 0. The van der Waals surface area contributed by atoms with E-state index in [1.165, 1.54) is 12.8 Å². The van der Waals surface area contributed by atoms with Crippen molar-refractivity contribution < 1.29 is 9.66 Å². The van der Waals surface area contributed by atoms with E-state index in [0.29, 0.717) is 17.7 Å². The van der Waals surface area contributed by atoms with Crippen LogP contribution >= 0.6 is 15.9 Å². The van der Waals surface area contributed by atoms with Gasteiger partial charge in [0.2, 0.25) is 0 Å². The normalized spacial score (nSPS) is 10.3. The Labute approximate surface area is 116 Å². The summed E-state index contributed by atoms with van der Waals surface area (Å²) < 4.78 is 5.49. The predicted molar refractivity (Wildman–Crippen MR) is 75.4 cm³/mol. The number of unbranched alkanes of at least 4 members (excludes halogenated alkanes) is 3. The first kappa shape index (κ1) is 15.0. The van der Waals surface area contributed by atoms with Gasteiger partial charge in [-0.15, -0.1) is 0 Å². The van der Waals surface area contributed by atoms with Crippen molar-refractivity contribution in [3.8, 4) is 5.75 Å². The molecule has 0 spiro atoms. The van der Waals surface area contributed by atoms with E-state index in [1.807, 2.05) is 6.07 Å². The van der Waals surface area contributed by atoms with Gasteiger partial charge in [0.25, 0.3) is 0 Å². The largest absolute Gasteiger partial charge is 0.487 e.